The number of nitrogens with zero attached hydrogens (tertiary/aromatic N) is 1. The molecule has 4 rings (SSSR count). The number of hydrogen-bond donors (Lipinski definition) is 2. The van der Waals surface area contributed by atoms with E-state index in [1.165, 1.54) is 22.0 Å². The minimum absolute atomic E-state index is 0.149. The van der Waals surface area contributed by atoms with Crippen LogP contribution in [0.2, 0.25) is 0 Å². The third-order valence-corrected chi connectivity index (χ3v) is 5.74. The van der Waals surface area contributed by atoms with E-state index in [1.807, 2.05) is 20.8 Å². The largest absolute Gasteiger partial charge is 0.361 e. The molecule has 0 bridgehead atoms. The van der Waals surface area contributed by atoms with Crippen LogP contribution >= 0.6 is 0 Å². The van der Waals surface area contributed by atoms with Crippen molar-refractivity contribution in [2.45, 2.75) is 51.6 Å². The van der Waals surface area contributed by atoms with Crippen LogP contribution in [-0.4, -0.2) is 41.5 Å². The molecule has 0 spiro atoms. The van der Waals surface area contributed by atoms with Gasteiger partial charge in [0.15, 0.2) is 0 Å². The van der Waals surface area contributed by atoms with Gasteiger partial charge in [0, 0.05) is 47.1 Å². The second kappa shape index (κ2) is 5.35. The first kappa shape index (κ1) is 15.7. The molecule has 1 unspecified atom stereocenters. The zero-order valence-corrected chi connectivity index (χ0v) is 15.0. The van der Waals surface area contributed by atoms with Crippen LogP contribution < -0.4 is 5.32 Å². The van der Waals surface area contributed by atoms with E-state index in [2.05, 4.69) is 46.6 Å². The van der Waals surface area contributed by atoms with Crippen molar-refractivity contribution in [3.63, 3.8) is 0 Å². The fraction of sp³-hybridized carbons (Fsp3) is 0.550. The molecule has 3 atom stereocenters. The zero-order chi connectivity index (χ0) is 17.1. The molecule has 4 nitrogen and oxygen atoms in total. The van der Waals surface area contributed by atoms with Gasteiger partial charge < -0.3 is 15.2 Å². The lowest BCUT2D eigenvalue weighted by atomic mass is 9.74. The van der Waals surface area contributed by atoms with Gasteiger partial charge in [-0.2, -0.15) is 0 Å². The zero-order valence-electron chi connectivity index (χ0n) is 15.0. The number of H-pyrrole nitrogens is 1. The normalized spacial score (nSPS) is 27.1. The number of carbonyl (C=O) groups excluding carboxylic acids is 1. The third kappa shape index (κ3) is 2.44. The molecule has 1 amide bonds. The summed E-state index contributed by atoms with van der Waals surface area (Å²) in [5, 5.41) is 4.70. The quantitative estimate of drug-likeness (QED) is 0.846. The minimum Gasteiger partial charge on any atom is -0.361 e. The van der Waals surface area contributed by atoms with Crippen LogP contribution in [0.15, 0.2) is 24.4 Å². The summed E-state index contributed by atoms with van der Waals surface area (Å²) in [4.78, 5) is 18.3. The number of piperidine rings is 1. The van der Waals surface area contributed by atoms with Gasteiger partial charge in [-0.25, -0.2) is 0 Å². The highest BCUT2D eigenvalue weighted by molar-refractivity contribution is 5.88. The smallest absolute Gasteiger partial charge is 0.225 e. The van der Waals surface area contributed by atoms with E-state index in [4.69, 9.17) is 0 Å². The molecule has 2 heterocycles. The van der Waals surface area contributed by atoms with Crippen molar-refractivity contribution in [2.24, 2.45) is 5.41 Å². The Labute approximate surface area is 143 Å². The Morgan fingerprint density at radius 1 is 1.33 bits per heavy atom. The van der Waals surface area contributed by atoms with Crippen molar-refractivity contribution in [1.82, 2.24) is 15.2 Å². The summed E-state index contributed by atoms with van der Waals surface area (Å²) >= 11 is 0. The number of nitrogens with one attached hydrogen (secondary N) is 2. The van der Waals surface area contributed by atoms with E-state index >= 15 is 0 Å². The standard InChI is InChI=1S/C20H27N3O/c1-20(2,3)19(24)22-13-9-15-14-6-5-7-16-18(14)12(10-21-16)8-17(15)23(4)11-13/h5-7,10,13,15,17,21H,8-9,11H2,1-4H3,(H,22,24)/t13?,15-,17-/m1/s1. The molecule has 128 valence electrons. The molecule has 24 heavy (non-hydrogen) atoms. The van der Waals surface area contributed by atoms with Gasteiger partial charge in [-0.1, -0.05) is 32.9 Å². The molecule has 2 aliphatic rings. The van der Waals surface area contributed by atoms with E-state index in [1.54, 1.807) is 0 Å². The number of benzene rings is 1. The molecule has 1 aliphatic carbocycles. The molecule has 1 aromatic heterocycles. The fourth-order valence-corrected chi connectivity index (χ4v) is 4.45. The van der Waals surface area contributed by atoms with Crippen LogP contribution in [0.5, 0.6) is 0 Å². The number of hydrogen-bond acceptors (Lipinski definition) is 2. The Morgan fingerprint density at radius 3 is 2.88 bits per heavy atom. The molecule has 1 aromatic carbocycles. The van der Waals surface area contributed by atoms with Crippen LogP contribution in [0.25, 0.3) is 10.9 Å². The summed E-state index contributed by atoms with van der Waals surface area (Å²) in [6.07, 6.45) is 4.30. The molecule has 1 saturated heterocycles. The highest BCUT2D eigenvalue weighted by Gasteiger charge is 2.40. The van der Waals surface area contributed by atoms with Gasteiger partial charge in [-0.15, -0.1) is 0 Å². The molecule has 1 aliphatic heterocycles. The highest BCUT2D eigenvalue weighted by atomic mass is 16.2. The van der Waals surface area contributed by atoms with Crippen LogP contribution in [0.3, 0.4) is 0 Å². The van der Waals surface area contributed by atoms with Crippen LogP contribution in [0.1, 0.15) is 44.2 Å². The van der Waals surface area contributed by atoms with Crippen molar-refractivity contribution in [1.29, 1.82) is 0 Å². The van der Waals surface area contributed by atoms with E-state index < -0.39 is 0 Å². The number of aromatic nitrogens is 1. The maximum absolute atomic E-state index is 12.4. The lowest BCUT2D eigenvalue weighted by molar-refractivity contribution is -0.129. The molecule has 2 N–H and O–H groups in total. The summed E-state index contributed by atoms with van der Waals surface area (Å²) in [6, 6.07) is 7.34. The Kier molecular flexibility index (Phi) is 3.50. The average molecular weight is 325 g/mol. The van der Waals surface area contributed by atoms with Gasteiger partial charge >= 0.3 is 0 Å². The summed E-state index contributed by atoms with van der Waals surface area (Å²) in [5.74, 6) is 0.636. The summed E-state index contributed by atoms with van der Waals surface area (Å²) in [5.41, 5.74) is 3.78. The summed E-state index contributed by atoms with van der Waals surface area (Å²) < 4.78 is 0. The van der Waals surface area contributed by atoms with Crippen molar-refractivity contribution in [2.75, 3.05) is 13.6 Å². The third-order valence-electron chi connectivity index (χ3n) is 5.74. The first-order valence-corrected chi connectivity index (χ1v) is 8.94. The van der Waals surface area contributed by atoms with Crippen molar-refractivity contribution in [3.05, 3.63) is 35.5 Å². The van der Waals surface area contributed by atoms with Crippen LogP contribution in [-0.2, 0) is 11.2 Å². The van der Waals surface area contributed by atoms with Gasteiger partial charge in [0.1, 0.15) is 0 Å². The number of amides is 1. The van der Waals surface area contributed by atoms with E-state index in [0.717, 1.165) is 19.4 Å². The number of likely N-dealkylation sites (tertiary alicyclic amines) is 1. The maximum atomic E-state index is 12.4. The molecule has 0 saturated carbocycles. The predicted octanol–water partition coefficient (Wildman–Crippen LogP) is 3.04. The maximum Gasteiger partial charge on any atom is 0.225 e. The van der Waals surface area contributed by atoms with Gasteiger partial charge in [0.25, 0.3) is 0 Å². The summed E-state index contributed by atoms with van der Waals surface area (Å²) in [7, 11) is 2.20. The van der Waals surface area contributed by atoms with Gasteiger partial charge in [0.2, 0.25) is 5.91 Å². The van der Waals surface area contributed by atoms with E-state index in [0.29, 0.717) is 12.0 Å². The van der Waals surface area contributed by atoms with Gasteiger partial charge in [-0.05, 0) is 37.1 Å². The van der Waals surface area contributed by atoms with Gasteiger partial charge in [-0.3, -0.25) is 4.79 Å². The molecule has 0 radical (unpaired) electrons. The number of fused-ring (bicyclic) bond motifs is 2. The molecule has 1 fully saturated rings. The fourth-order valence-electron chi connectivity index (χ4n) is 4.45. The topological polar surface area (TPSA) is 48.1 Å². The van der Waals surface area contributed by atoms with E-state index in [-0.39, 0.29) is 17.4 Å². The van der Waals surface area contributed by atoms with Crippen molar-refractivity contribution in [3.8, 4) is 0 Å². The van der Waals surface area contributed by atoms with Crippen LogP contribution in [0.4, 0.5) is 0 Å². The van der Waals surface area contributed by atoms with Gasteiger partial charge in [0.05, 0.1) is 0 Å². The van der Waals surface area contributed by atoms with Crippen molar-refractivity contribution < 1.29 is 4.79 Å². The summed E-state index contributed by atoms with van der Waals surface area (Å²) in [6.45, 7) is 6.86. The minimum atomic E-state index is -0.337. The molecular weight excluding hydrogens is 298 g/mol. The Balaban J connectivity index is 1.65. The van der Waals surface area contributed by atoms with E-state index in [9.17, 15) is 4.79 Å². The monoisotopic (exact) mass is 325 g/mol. The lowest BCUT2D eigenvalue weighted by Gasteiger charge is -2.46. The Morgan fingerprint density at radius 2 is 2.12 bits per heavy atom. The average Bonchev–Trinajstić information content (AvgIpc) is 2.92. The second-order valence-electron chi connectivity index (χ2n) is 8.56. The molecular formula is C20H27N3O. The SMILES string of the molecule is CN1CC(NC(=O)C(C)(C)C)C[C@@H]2c3cccc4[nH]cc(c34)C[C@H]21. The molecule has 2 aromatic rings. The lowest BCUT2D eigenvalue weighted by Crippen LogP contribution is -2.56. The number of rotatable bonds is 1. The number of carbonyl (C=O) groups is 1. The number of aromatic amines is 1. The molecule has 4 heteroatoms. The van der Waals surface area contributed by atoms with Crippen molar-refractivity contribution >= 4 is 16.8 Å². The first-order chi connectivity index (χ1) is 11.3. The second-order valence-corrected chi connectivity index (χ2v) is 8.56. The predicted molar refractivity (Wildman–Crippen MR) is 97.2 cm³/mol. The highest BCUT2D eigenvalue weighted by Crippen LogP contribution is 2.43. The Bertz CT molecular complexity index is 786. The number of likely N-dealkylation sites (N-methyl/N-ethyl adjacent to an activating group) is 1. The Hall–Kier alpha value is -1.81. The first-order valence-electron chi connectivity index (χ1n) is 8.94. The van der Waals surface area contributed by atoms with Crippen LogP contribution in [0, 0.1) is 5.41 Å².